The number of carbonyl (C=O) groups excluding carboxylic acids is 2. The van der Waals surface area contributed by atoms with Crippen molar-refractivity contribution in [2.75, 3.05) is 31.4 Å². The van der Waals surface area contributed by atoms with Crippen molar-refractivity contribution >= 4 is 45.1 Å². The van der Waals surface area contributed by atoms with E-state index in [0.717, 1.165) is 28.1 Å². The Bertz CT molecular complexity index is 2650. The average molecular weight is 739 g/mol. The van der Waals surface area contributed by atoms with Crippen molar-refractivity contribution in [3.8, 4) is 11.5 Å². The smallest absolute Gasteiger partial charge is 0.291 e. The minimum absolute atomic E-state index is 0.0240. The highest BCUT2D eigenvalue weighted by Gasteiger charge is 2.21. The molecule has 4 aromatic carbocycles. The van der Waals surface area contributed by atoms with Gasteiger partial charge in [-0.2, -0.15) is 5.10 Å². The van der Waals surface area contributed by atoms with Crippen molar-refractivity contribution in [2.45, 2.75) is 19.5 Å². The minimum atomic E-state index is -0.725. The molecule has 0 saturated carbocycles. The van der Waals surface area contributed by atoms with Crippen LogP contribution in [0.3, 0.4) is 0 Å². The summed E-state index contributed by atoms with van der Waals surface area (Å²) in [5, 5.41) is 11.3. The minimum Gasteiger partial charge on any atom is -0.493 e. The maximum Gasteiger partial charge on any atom is 0.291 e. The summed E-state index contributed by atoms with van der Waals surface area (Å²) in [6, 6.07) is 25.9. The molecule has 0 radical (unpaired) electrons. The first-order valence-electron chi connectivity index (χ1n) is 17.5. The first-order chi connectivity index (χ1) is 26.7. The number of anilines is 2. The molecule has 0 aliphatic rings. The predicted octanol–water partition coefficient (Wildman–Crippen LogP) is 6.13. The molecule has 0 aliphatic carbocycles. The summed E-state index contributed by atoms with van der Waals surface area (Å²) in [4.78, 5) is 57.6. The number of rotatable bonds is 13. The van der Waals surface area contributed by atoms with Crippen LogP contribution in [0.25, 0.3) is 21.9 Å². The van der Waals surface area contributed by atoms with Gasteiger partial charge in [0.15, 0.2) is 28.1 Å². The van der Waals surface area contributed by atoms with Gasteiger partial charge in [-0.1, -0.05) is 30.3 Å². The fourth-order valence-corrected chi connectivity index (χ4v) is 6.41. The van der Waals surface area contributed by atoms with Gasteiger partial charge >= 0.3 is 0 Å². The molecule has 0 unspecified atom stereocenters. The van der Waals surface area contributed by atoms with E-state index in [1.54, 1.807) is 48.8 Å². The largest absolute Gasteiger partial charge is 0.493 e. The van der Waals surface area contributed by atoms with Crippen LogP contribution in [0.1, 0.15) is 37.6 Å². The lowest BCUT2D eigenvalue weighted by Gasteiger charge is -2.22. The third-order valence-electron chi connectivity index (χ3n) is 9.32. The number of amides is 2. The lowest BCUT2D eigenvalue weighted by atomic mass is 10.1. The summed E-state index contributed by atoms with van der Waals surface area (Å²) in [5.41, 5.74) is 4.46. The standard InChI is InChI=1S/C42H38N6O7/c1-47-34-13-10-27(18-28(34)23-44-47)24-48(25-29-22-43-16-14-35(29)49)17-15-26-8-11-30(12-9-26)45-41(51)32-19-38(53-2)39(54-3)20-33(32)46-42(52)40-21-36(50)31-6-4-5-7-37(31)55-40/h4-14,16,18-23H,15,17,24-25H2,1-3H3,(H,43,49)(H,45,51)(H,46,52). The topological polar surface area (TPSA) is 161 Å². The Morgan fingerprint density at radius 2 is 1.60 bits per heavy atom. The highest BCUT2D eigenvalue weighted by molar-refractivity contribution is 6.12. The molecule has 55 heavy (non-hydrogen) atoms. The van der Waals surface area contributed by atoms with E-state index in [4.69, 9.17) is 13.9 Å². The van der Waals surface area contributed by atoms with Crippen LogP contribution in [0.2, 0.25) is 0 Å². The molecule has 0 spiro atoms. The molecule has 3 aromatic heterocycles. The second kappa shape index (κ2) is 15.9. The molecule has 7 aromatic rings. The fraction of sp³-hybridized carbons (Fsp3) is 0.167. The van der Waals surface area contributed by atoms with Gasteiger partial charge in [0.1, 0.15) is 5.58 Å². The molecule has 13 heteroatoms. The number of aromatic amines is 1. The van der Waals surface area contributed by atoms with E-state index >= 15 is 0 Å². The second-order valence-corrected chi connectivity index (χ2v) is 13.0. The van der Waals surface area contributed by atoms with Crippen LogP contribution in [0.4, 0.5) is 11.4 Å². The van der Waals surface area contributed by atoms with Gasteiger partial charge in [-0.3, -0.25) is 28.8 Å². The zero-order chi connectivity index (χ0) is 38.5. The van der Waals surface area contributed by atoms with Crippen LogP contribution >= 0.6 is 0 Å². The average Bonchev–Trinajstić information content (AvgIpc) is 3.57. The first kappa shape index (κ1) is 36.4. The molecule has 13 nitrogen and oxygen atoms in total. The molecule has 3 N–H and O–H groups in total. The van der Waals surface area contributed by atoms with Gasteiger partial charge < -0.3 is 29.5 Å². The van der Waals surface area contributed by atoms with E-state index < -0.39 is 11.8 Å². The third-order valence-corrected chi connectivity index (χ3v) is 9.32. The molecule has 0 saturated heterocycles. The normalized spacial score (nSPS) is 11.2. The predicted molar refractivity (Wildman–Crippen MR) is 210 cm³/mol. The van der Waals surface area contributed by atoms with Crippen LogP contribution in [0.15, 0.2) is 124 Å². The van der Waals surface area contributed by atoms with Crippen molar-refractivity contribution in [1.29, 1.82) is 0 Å². The Kier molecular flexibility index (Phi) is 10.5. The molecule has 278 valence electrons. The zero-order valence-corrected chi connectivity index (χ0v) is 30.4. The molecule has 2 amide bonds. The Hall–Kier alpha value is -6.99. The number of carbonyl (C=O) groups is 2. The number of benzene rings is 4. The number of pyridine rings is 1. The van der Waals surface area contributed by atoms with Crippen LogP contribution in [0.5, 0.6) is 11.5 Å². The molecule has 7 rings (SSSR count). The number of hydrogen-bond acceptors (Lipinski definition) is 9. The molecule has 0 bridgehead atoms. The quantitative estimate of drug-likeness (QED) is 0.126. The van der Waals surface area contributed by atoms with E-state index in [2.05, 4.69) is 43.8 Å². The number of hydrogen-bond donors (Lipinski definition) is 3. The number of aryl methyl sites for hydroxylation is 1. The fourth-order valence-electron chi connectivity index (χ4n) is 6.41. The Labute approximate surface area is 315 Å². The van der Waals surface area contributed by atoms with Gasteiger partial charge in [0.05, 0.1) is 42.6 Å². The van der Waals surface area contributed by atoms with Crippen molar-refractivity contribution in [3.05, 3.63) is 158 Å². The van der Waals surface area contributed by atoms with Crippen LogP contribution in [-0.4, -0.2) is 52.2 Å². The number of ether oxygens (including phenoxy) is 2. The van der Waals surface area contributed by atoms with Gasteiger partial charge in [0, 0.05) is 73.9 Å². The zero-order valence-electron chi connectivity index (χ0n) is 30.4. The number of aromatic nitrogens is 3. The van der Waals surface area contributed by atoms with E-state index in [0.29, 0.717) is 42.7 Å². The Balaban J connectivity index is 1.07. The van der Waals surface area contributed by atoms with Gasteiger partial charge in [0.25, 0.3) is 11.8 Å². The van der Waals surface area contributed by atoms with E-state index in [1.165, 1.54) is 32.4 Å². The van der Waals surface area contributed by atoms with Gasteiger partial charge in [-0.05, 0) is 60.0 Å². The number of para-hydroxylation sites is 1. The monoisotopic (exact) mass is 738 g/mol. The number of methoxy groups -OCH3 is 2. The number of fused-ring (bicyclic) bond motifs is 2. The molecular weight excluding hydrogens is 700 g/mol. The highest BCUT2D eigenvalue weighted by atomic mass is 16.5. The SMILES string of the molecule is COc1cc(NC(=O)c2cc(=O)c3ccccc3o2)c(C(=O)Nc2ccc(CCN(Cc3ccc4c(cnn4C)c3)Cc3c[nH]ccc3=O)cc2)cc1OC. The van der Waals surface area contributed by atoms with E-state index in [9.17, 15) is 19.2 Å². The molecule has 0 fully saturated rings. The lowest BCUT2D eigenvalue weighted by Crippen LogP contribution is -2.28. The molecule has 0 aliphatic heterocycles. The highest BCUT2D eigenvalue weighted by Crippen LogP contribution is 2.34. The van der Waals surface area contributed by atoms with Crippen molar-refractivity contribution in [3.63, 3.8) is 0 Å². The van der Waals surface area contributed by atoms with Gasteiger partial charge in [-0.25, -0.2) is 0 Å². The summed E-state index contributed by atoms with van der Waals surface area (Å²) in [5.74, 6) is -0.905. The first-order valence-corrected chi connectivity index (χ1v) is 17.5. The van der Waals surface area contributed by atoms with Crippen molar-refractivity contribution < 1.29 is 23.5 Å². The van der Waals surface area contributed by atoms with Crippen LogP contribution in [-0.2, 0) is 26.6 Å². The van der Waals surface area contributed by atoms with Crippen LogP contribution < -0.4 is 31.0 Å². The molecule has 3 heterocycles. The Morgan fingerprint density at radius 3 is 2.38 bits per heavy atom. The van der Waals surface area contributed by atoms with Crippen LogP contribution in [0, 0.1) is 0 Å². The van der Waals surface area contributed by atoms with Gasteiger partial charge in [0.2, 0.25) is 0 Å². The number of nitrogens with one attached hydrogen (secondary N) is 3. The maximum absolute atomic E-state index is 13.7. The molecule has 0 atom stereocenters. The maximum atomic E-state index is 13.7. The number of nitrogens with zero attached hydrogens (tertiary/aromatic N) is 3. The van der Waals surface area contributed by atoms with E-state index in [-0.39, 0.29) is 45.0 Å². The van der Waals surface area contributed by atoms with E-state index in [1.807, 2.05) is 30.1 Å². The second-order valence-electron chi connectivity index (χ2n) is 13.0. The summed E-state index contributed by atoms with van der Waals surface area (Å²) in [6.07, 6.45) is 5.90. The van der Waals surface area contributed by atoms with Gasteiger partial charge in [-0.15, -0.1) is 0 Å². The summed E-state index contributed by atoms with van der Waals surface area (Å²) >= 11 is 0. The summed E-state index contributed by atoms with van der Waals surface area (Å²) < 4.78 is 18.4. The Morgan fingerprint density at radius 1 is 0.836 bits per heavy atom. The lowest BCUT2D eigenvalue weighted by molar-refractivity contribution is 0.0997. The van der Waals surface area contributed by atoms with Crippen molar-refractivity contribution in [2.24, 2.45) is 7.05 Å². The number of H-pyrrole nitrogens is 1. The third kappa shape index (κ3) is 8.16. The molecular formula is C42H38N6O7. The summed E-state index contributed by atoms with van der Waals surface area (Å²) in [7, 11) is 4.80. The summed E-state index contributed by atoms with van der Waals surface area (Å²) in [6.45, 7) is 1.76. The van der Waals surface area contributed by atoms with Crippen molar-refractivity contribution in [1.82, 2.24) is 19.7 Å².